The predicted molar refractivity (Wildman–Crippen MR) is 109 cm³/mol. The molecule has 0 atom stereocenters. The van der Waals surface area contributed by atoms with Gasteiger partial charge in [0.15, 0.2) is 11.6 Å². The summed E-state index contributed by atoms with van der Waals surface area (Å²) in [6, 6.07) is 21.6. The molecule has 130 valence electrons. The molecule has 0 N–H and O–H groups in total. The molecule has 27 heavy (non-hydrogen) atoms. The van der Waals surface area contributed by atoms with Gasteiger partial charge in [0.1, 0.15) is 0 Å². The maximum atomic E-state index is 13.2. The summed E-state index contributed by atoms with van der Waals surface area (Å²) in [5, 5.41) is 3.97. The quantitative estimate of drug-likeness (QED) is 0.408. The van der Waals surface area contributed by atoms with Crippen LogP contribution in [0.5, 0.6) is 0 Å². The summed E-state index contributed by atoms with van der Waals surface area (Å²) in [7, 11) is 0. The zero-order valence-electron chi connectivity index (χ0n) is 15.1. The topological polar surface area (TPSA) is 34.1 Å². The van der Waals surface area contributed by atoms with Crippen LogP contribution in [0.4, 0.5) is 0 Å². The number of hydrogen-bond acceptors (Lipinski definition) is 2. The molecule has 0 aliphatic heterocycles. The van der Waals surface area contributed by atoms with Gasteiger partial charge in [-0.1, -0.05) is 55.8 Å². The lowest BCUT2D eigenvalue weighted by Crippen LogP contribution is -2.20. The van der Waals surface area contributed by atoms with E-state index in [4.69, 9.17) is 0 Å². The minimum atomic E-state index is -0.0649. The third-order valence-corrected chi connectivity index (χ3v) is 5.44. The Kier molecular flexibility index (Phi) is 3.48. The van der Waals surface area contributed by atoms with Crippen LogP contribution in [0, 0.1) is 0 Å². The van der Waals surface area contributed by atoms with Crippen molar-refractivity contribution in [3.63, 3.8) is 0 Å². The molecule has 0 saturated heterocycles. The van der Waals surface area contributed by atoms with Crippen LogP contribution < -0.4 is 0 Å². The summed E-state index contributed by atoms with van der Waals surface area (Å²) >= 11 is 0. The lowest BCUT2D eigenvalue weighted by atomic mass is 9.81. The Labute approximate surface area is 157 Å². The van der Waals surface area contributed by atoms with Gasteiger partial charge in [-0.05, 0) is 57.8 Å². The molecular formula is C25H18O2. The second-order valence-corrected chi connectivity index (χ2v) is 7.23. The first-order valence-electron chi connectivity index (χ1n) is 9.34. The number of aryl methyl sites for hydroxylation is 1. The fourth-order valence-electron chi connectivity index (χ4n) is 4.07. The van der Waals surface area contributed by atoms with Crippen molar-refractivity contribution in [3.05, 3.63) is 94.5 Å². The van der Waals surface area contributed by atoms with E-state index in [2.05, 4.69) is 19.1 Å². The minimum absolute atomic E-state index is 0.0619. The molecule has 2 heteroatoms. The van der Waals surface area contributed by atoms with Gasteiger partial charge in [-0.2, -0.15) is 0 Å². The van der Waals surface area contributed by atoms with E-state index in [1.807, 2.05) is 54.6 Å². The van der Waals surface area contributed by atoms with Crippen LogP contribution in [0.1, 0.15) is 50.8 Å². The number of ketones is 2. The molecule has 1 aliphatic carbocycles. The standard InChI is InChI=1S/C25H18O2/c1-2-5-15-8-9-18-13-22-23(14-19(18)10-15)25(27)21-12-17-7-4-3-6-16(17)11-20(21)24(22)26/h3-4,6-14H,2,5H2,1H3. The molecule has 0 spiro atoms. The smallest absolute Gasteiger partial charge is 0.194 e. The summed E-state index contributed by atoms with van der Waals surface area (Å²) in [5.74, 6) is -0.127. The number of benzene rings is 4. The van der Waals surface area contributed by atoms with Gasteiger partial charge >= 0.3 is 0 Å². The highest BCUT2D eigenvalue weighted by molar-refractivity contribution is 6.30. The molecular weight excluding hydrogens is 332 g/mol. The van der Waals surface area contributed by atoms with Crippen molar-refractivity contribution in [2.75, 3.05) is 0 Å². The highest BCUT2D eigenvalue weighted by atomic mass is 16.1. The summed E-state index contributed by atoms with van der Waals surface area (Å²) in [6.45, 7) is 2.15. The molecule has 4 aromatic rings. The molecule has 0 amide bonds. The summed E-state index contributed by atoms with van der Waals surface area (Å²) in [5.41, 5.74) is 3.30. The maximum absolute atomic E-state index is 13.2. The zero-order chi connectivity index (χ0) is 18.5. The van der Waals surface area contributed by atoms with Crippen LogP contribution in [0.2, 0.25) is 0 Å². The summed E-state index contributed by atoms with van der Waals surface area (Å²) < 4.78 is 0. The first-order chi connectivity index (χ1) is 13.2. The van der Waals surface area contributed by atoms with E-state index in [0.717, 1.165) is 34.4 Å². The van der Waals surface area contributed by atoms with Crippen molar-refractivity contribution in [1.82, 2.24) is 0 Å². The summed E-state index contributed by atoms with van der Waals surface area (Å²) in [6.07, 6.45) is 2.09. The molecule has 0 aromatic heterocycles. The highest BCUT2D eigenvalue weighted by Gasteiger charge is 2.30. The van der Waals surface area contributed by atoms with E-state index in [-0.39, 0.29) is 11.6 Å². The van der Waals surface area contributed by atoms with Crippen LogP contribution in [-0.4, -0.2) is 11.6 Å². The van der Waals surface area contributed by atoms with Crippen molar-refractivity contribution >= 4 is 33.1 Å². The van der Waals surface area contributed by atoms with Crippen molar-refractivity contribution in [1.29, 1.82) is 0 Å². The number of fused-ring (bicyclic) bond motifs is 4. The average molecular weight is 350 g/mol. The van der Waals surface area contributed by atoms with Gasteiger partial charge in [0.2, 0.25) is 0 Å². The number of rotatable bonds is 2. The maximum Gasteiger partial charge on any atom is 0.194 e. The van der Waals surface area contributed by atoms with E-state index < -0.39 is 0 Å². The molecule has 4 aromatic carbocycles. The predicted octanol–water partition coefficient (Wildman–Crippen LogP) is 5.72. The SMILES string of the molecule is CCCc1ccc2cc3c(cc2c1)C(=O)c1cc2ccccc2cc1C3=O. The van der Waals surface area contributed by atoms with Crippen molar-refractivity contribution < 1.29 is 9.59 Å². The fourth-order valence-corrected chi connectivity index (χ4v) is 4.07. The van der Waals surface area contributed by atoms with Gasteiger partial charge in [-0.25, -0.2) is 0 Å². The monoisotopic (exact) mass is 350 g/mol. The molecule has 0 heterocycles. The average Bonchev–Trinajstić information content (AvgIpc) is 2.70. The second-order valence-electron chi connectivity index (χ2n) is 7.23. The van der Waals surface area contributed by atoms with Gasteiger partial charge in [-0.15, -0.1) is 0 Å². The Morgan fingerprint density at radius 1 is 0.593 bits per heavy atom. The highest BCUT2D eigenvalue weighted by Crippen LogP contribution is 2.33. The Morgan fingerprint density at radius 3 is 1.59 bits per heavy atom. The van der Waals surface area contributed by atoms with Crippen molar-refractivity contribution in [2.45, 2.75) is 19.8 Å². The molecule has 1 aliphatic rings. The van der Waals surface area contributed by atoms with Gasteiger partial charge in [0.25, 0.3) is 0 Å². The Morgan fingerprint density at radius 2 is 1.07 bits per heavy atom. The fraction of sp³-hybridized carbons (Fsp3) is 0.120. The van der Waals surface area contributed by atoms with Gasteiger partial charge in [0.05, 0.1) is 0 Å². The zero-order valence-corrected chi connectivity index (χ0v) is 15.1. The number of hydrogen-bond donors (Lipinski definition) is 0. The van der Waals surface area contributed by atoms with Crippen LogP contribution in [0.3, 0.4) is 0 Å². The summed E-state index contributed by atoms with van der Waals surface area (Å²) in [4.78, 5) is 26.4. The number of carbonyl (C=O) groups excluding carboxylic acids is 2. The molecule has 0 unspecified atom stereocenters. The Balaban J connectivity index is 1.74. The van der Waals surface area contributed by atoms with Gasteiger partial charge in [0, 0.05) is 22.3 Å². The third-order valence-electron chi connectivity index (χ3n) is 5.44. The van der Waals surface area contributed by atoms with E-state index in [9.17, 15) is 9.59 Å². The van der Waals surface area contributed by atoms with E-state index in [0.29, 0.717) is 22.3 Å². The molecule has 2 nitrogen and oxygen atoms in total. The van der Waals surface area contributed by atoms with Crippen molar-refractivity contribution in [2.24, 2.45) is 0 Å². The van der Waals surface area contributed by atoms with Crippen LogP contribution in [0.15, 0.2) is 66.7 Å². The molecule has 0 bridgehead atoms. The lowest BCUT2D eigenvalue weighted by molar-refractivity contribution is 0.0979. The van der Waals surface area contributed by atoms with Gasteiger partial charge < -0.3 is 0 Å². The third kappa shape index (κ3) is 2.41. The minimum Gasteiger partial charge on any atom is -0.289 e. The number of carbonyl (C=O) groups is 2. The second kappa shape index (κ2) is 5.88. The van der Waals surface area contributed by atoms with E-state index >= 15 is 0 Å². The molecule has 0 fully saturated rings. The molecule has 0 saturated carbocycles. The molecule has 5 rings (SSSR count). The van der Waals surface area contributed by atoms with E-state index in [1.165, 1.54) is 5.56 Å². The van der Waals surface area contributed by atoms with Gasteiger partial charge in [-0.3, -0.25) is 9.59 Å². The normalized spacial score (nSPS) is 13.1. The lowest BCUT2D eigenvalue weighted by Gasteiger charge is -2.19. The van der Waals surface area contributed by atoms with E-state index in [1.54, 1.807) is 0 Å². The largest absolute Gasteiger partial charge is 0.289 e. The Bertz CT molecular complexity index is 1260. The molecule has 0 radical (unpaired) electrons. The first-order valence-corrected chi connectivity index (χ1v) is 9.34. The van der Waals surface area contributed by atoms with Crippen molar-refractivity contribution in [3.8, 4) is 0 Å². The van der Waals surface area contributed by atoms with Crippen LogP contribution >= 0.6 is 0 Å². The van der Waals surface area contributed by atoms with Crippen LogP contribution in [-0.2, 0) is 6.42 Å². The van der Waals surface area contributed by atoms with Crippen LogP contribution in [0.25, 0.3) is 21.5 Å². The first kappa shape index (κ1) is 16.0. The Hall–Kier alpha value is -3.26.